The maximum atomic E-state index is 5.71. The summed E-state index contributed by atoms with van der Waals surface area (Å²) in [5.74, 6) is 0.235. The van der Waals surface area contributed by atoms with E-state index in [1.54, 1.807) is 0 Å². The fourth-order valence-corrected chi connectivity index (χ4v) is 0.814. The average Bonchev–Trinajstić information content (AvgIpc) is 2.08. The summed E-state index contributed by atoms with van der Waals surface area (Å²) >= 11 is 11.3. The Morgan fingerprint density at radius 1 is 1.33 bits per heavy atom. The number of rotatable bonds is 3. The van der Waals surface area contributed by atoms with Crippen LogP contribution in [-0.2, 0) is 0 Å². The summed E-state index contributed by atoms with van der Waals surface area (Å²) in [5.41, 5.74) is 0. The van der Waals surface area contributed by atoms with Crippen LogP contribution in [0.2, 0.25) is 10.2 Å². The SMILES string of the molecule is CCCOc1nnnc(Cl)c1Cl. The molecule has 0 aliphatic rings. The second-order valence-electron chi connectivity index (χ2n) is 2.05. The van der Waals surface area contributed by atoms with Gasteiger partial charge in [0.05, 0.1) is 6.61 Å². The molecule has 0 aromatic carbocycles. The molecule has 4 nitrogen and oxygen atoms in total. The first kappa shape index (κ1) is 9.48. The van der Waals surface area contributed by atoms with Gasteiger partial charge in [0.2, 0.25) is 0 Å². The normalized spacial score (nSPS) is 9.92. The second kappa shape index (κ2) is 4.42. The van der Waals surface area contributed by atoms with Gasteiger partial charge in [0.1, 0.15) is 5.02 Å². The summed E-state index contributed by atoms with van der Waals surface area (Å²) < 4.78 is 5.14. The molecular weight excluding hydrogens is 201 g/mol. The lowest BCUT2D eigenvalue weighted by molar-refractivity contribution is 0.300. The Balaban J connectivity index is 2.78. The largest absolute Gasteiger partial charge is 0.475 e. The highest BCUT2D eigenvalue weighted by molar-refractivity contribution is 6.41. The van der Waals surface area contributed by atoms with Gasteiger partial charge in [-0.15, -0.1) is 5.10 Å². The molecule has 0 aliphatic carbocycles. The Kier molecular flexibility index (Phi) is 3.49. The van der Waals surface area contributed by atoms with Crippen molar-refractivity contribution in [2.45, 2.75) is 13.3 Å². The fourth-order valence-electron chi connectivity index (χ4n) is 0.569. The molecule has 0 bridgehead atoms. The summed E-state index contributed by atoms with van der Waals surface area (Å²) in [5, 5.41) is 10.7. The van der Waals surface area contributed by atoms with Crippen LogP contribution in [-0.4, -0.2) is 22.0 Å². The summed E-state index contributed by atoms with van der Waals surface area (Å²) in [6.45, 7) is 2.51. The molecule has 0 amide bonds. The first-order chi connectivity index (χ1) is 5.75. The number of ether oxygens (including phenoxy) is 1. The first-order valence-corrected chi connectivity index (χ1v) is 4.18. The minimum Gasteiger partial charge on any atom is -0.475 e. The second-order valence-corrected chi connectivity index (χ2v) is 2.78. The van der Waals surface area contributed by atoms with Gasteiger partial charge in [-0.1, -0.05) is 35.2 Å². The quantitative estimate of drug-likeness (QED) is 0.761. The predicted octanol–water partition coefficient (Wildman–Crippen LogP) is 1.97. The standard InChI is InChI=1S/C6H7Cl2N3O/c1-2-3-12-6-4(7)5(8)9-11-10-6/h2-3H2,1H3. The molecule has 1 heterocycles. The van der Waals surface area contributed by atoms with Crippen molar-refractivity contribution in [1.29, 1.82) is 0 Å². The Morgan fingerprint density at radius 2 is 2.08 bits per heavy atom. The highest BCUT2D eigenvalue weighted by Crippen LogP contribution is 2.26. The molecule has 1 aromatic rings. The van der Waals surface area contributed by atoms with E-state index in [4.69, 9.17) is 27.9 Å². The van der Waals surface area contributed by atoms with E-state index in [1.165, 1.54) is 0 Å². The molecule has 0 radical (unpaired) electrons. The van der Waals surface area contributed by atoms with E-state index >= 15 is 0 Å². The van der Waals surface area contributed by atoms with Crippen molar-refractivity contribution in [2.24, 2.45) is 0 Å². The van der Waals surface area contributed by atoms with Crippen molar-refractivity contribution >= 4 is 23.2 Å². The van der Waals surface area contributed by atoms with E-state index in [0.29, 0.717) is 6.61 Å². The lowest BCUT2D eigenvalue weighted by Gasteiger charge is -2.03. The third kappa shape index (κ3) is 2.19. The van der Waals surface area contributed by atoms with Crippen molar-refractivity contribution in [3.05, 3.63) is 10.2 Å². The van der Waals surface area contributed by atoms with Crippen LogP contribution >= 0.6 is 23.2 Å². The summed E-state index contributed by atoms with van der Waals surface area (Å²) in [6, 6.07) is 0. The lowest BCUT2D eigenvalue weighted by atomic mass is 10.5. The zero-order valence-electron chi connectivity index (χ0n) is 6.42. The van der Waals surface area contributed by atoms with Crippen molar-refractivity contribution in [3.63, 3.8) is 0 Å². The van der Waals surface area contributed by atoms with Gasteiger partial charge in [-0.05, 0) is 11.6 Å². The molecule has 0 aliphatic heterocycles. The third-order valence-corrected chi connectivity index (χ3v) is 1.78. The summed E-state index contributed by atoms with van der Waals surface area (Å²) in [4.78, 5) is 0. The van der Waals surface area contributed by atoms with Gasteiger partial charge in [0.25, 0.3) is 5.88 Å². The van der Waals surface area contributed by atoms with Crippen LogP contribution in [0.5, 0.6) is 5.88 Å². The molecule has 1 rings (SSSR count). The topological polar surface area (TPSA) is 47.9 Å². The lowest BCUT2D eigenvalue weighted by Crippen LogP contribution is -2.00. The molecule has 0 saturated heterocycles. The molecular formula is C6H7Cl2N3O. The van der Waals surface area contributed by atoms with Gasteiger partial charge in [-0.2, -0.15) is 0 Å². The number of hydrogen-bond acceptors (Lipinski definition) is 4. The summed E-state index contributed by atoms with van der Waals surface area (Å²) in [6.07, 6.45) is 0.873. The number of halogens is 2. The Morgan fingerprint density at radius 3 is 2.75 bits per heavy atom. The molecule has 66 valence electrons. The Labute approximate surface area is 79.8 Å². The smallest absolute Gasteiger partial charge is 0.257 e. The van der Waals surface area contributed by atoms with Crippen LogP contribution < -0.4 is 4.74 Å². The number of aromatic nitrogens is 3. The van der Waals surface area contributed by atoms with E-state index in [2.05, 4.69) is 15.4 Å². The van der Waals surface area contributed by atoms with E-state index in [-0.39, 0.29) is 16.1 Å². The zero-order valence-corrected chi connectivity index (χ0v) is 7.93. The first-order valence-electron chi connectivity index (χ1n) is 3.43. The highest BCUT2D eigenvalue weighted by atomic mass is 35.5. The van der Waals surface area contributed by atoms with Gasteiger partial charge in [-0.3, -0.25) is 0 Å². The van der Waals surface area contributed by atoms with Gasteiger partial charge >= 0.3 is 0 Å². The van der Waals surface area contributed by atoms with Gasteiger partial charge in [0, 0.05) is 0 Å². The van der Waals surface area contributed by atoms with E-state index < -0.39 is 0 Å². The van der Waals surface area contributed by atoms with Crippen molar-refractivity contribution < 1.29 is 4.74 Å². The minimum absolute atomic E-state index is 0.109. The maximum absolute atomic E-state index is 5.71. The summed E-state index contributed by atoms with van der Waals surface area (Å²) in [7, 11) is 0. The molecule has 0 unspecified atom stereocenters. The Hall–Kier alpha value is -0.610. The van der Waals surface area contributed by atoms with Crippen molar-refractivity contribution in [1.82, 2.24) is 15.4 Å². The number of nitrogens with zero attached hydrogens (tertiary/aromatic N) is 3. The van der Waals surface area contributed by atoms with Crippen molar-refractivity contribution in [3.8, 4) is 5.88 Å². The van der Waals surface area contributed by atoms with Crippen LogP contribution in [0.3, 0.4) is 0 Å². The van der Waals surface area contributed by atoms with E-state index in [0.717, 1.165) is 6.42 Å². The molecule has 12 heavy (non-hydrogen) atoms. The average molecular weight is 208 g/mol. The molecule has 0 fully saturated rings. The van der Waals surface area contributed by atoms with Crippen LogP contribution in [0, 0.1) is 0 Å². The maximum Gasteiger partial charge on any atom is 0.257 e. The van der Waals surface area contributed by atoms with Gasteiger partial charge in [0.15, 0.2) is 5.15 Å². The predicted molar refractivity (Wildman–Crippen MR) is 45.6 cm³/mol. The zero-order chi connectivity index (χ0) is 8.97. The molecule has 0 saturated carbocycles. The molecule has 0 N–H and O–H groups in total. The Bertz CT molecular complexity index is 269. The van der Waals surface area contributed by atoms with E-state index in [9.17, 15) is 0 Å². The van der Waals surface area contributed by atoms with E-state index in [1.807, 2.05) is 6.92 Å². The monoisotopic (exact) mass is 207 g/mol. The molecule has 1 aromatic heterocycles. The molecule has 0 atom stereocenters. The minimum atomic E-state index is 0.109. The molecule has 6 heteroatoms. The van der Waals surface area contributed by atoms with Crippen LogP contribution in [0.1, 0.15) is 13.3 Å². The fraction of sp³-hybridized carbons (Fsp3) is 0.500. The molecule has 0 spiro atoms. The van der Waals surface area contributed by atoms with Crippen LogP contribution in [0.15, 0.2) is 0 Å². The van der Waals surface area contributed by atoms with Crippen LogP contribution in [0.25, 0.3) is 0 Å². The number of hydrogen-bond donors (Lipinski definition) is 0. The van der Waals surface area contributed by atoms with Crippen molar-refractivity contribution in [2.75, 3.05) is 6.61 Å². The van der Waals surface area contributed by atoms with Gasteiger partial charge in [-0.25, -0.2) is 0 Å². The van der Waals surface area contributed by atoms with Crippen LogP contribution in [0.4, 0.5) is 0 Å². The van der Waals surface area contributed by atoms with Gasteiger partial charge < -0.3 is 4.74 Å². The highest BCUT2D eigenvalue weighted by Gasteiger charge is 2.08. The third-order valence-electron chi connectivity index (χ3n) is 1.08.